The molecular formula is C12H20N2O2S. The molecule has 1 aromatic carbocycles. The molecule has 0 aliphatic heterocycles. The highest BCUT2D eigenvalue weighted by atomic mass is 32.2. The lowest BCUT2D eigenvalue weighted by Crippen LogP contribution is -2.27. The monoisotopic (exact) mass is 256 g/mol. The summed E-state index contributed by atoms with van der Waals surface area (Å²) in [5, 5.41) is 0. The van der Waals surface area contributed by atoms with Crippen LogP contribution in [0.1, 0.15) is 18.5 Å². The Hall–Kier alpha value is -0.910. The molecular weight excluding hydrogens is 236 g/mol. The van der Waals surface area contributed by atoms with Crippen molar-refractivity contribution < 1.29 is 8.42 Å². The Balaban J connectivity index is 3.03. The zero-order valence-electron chi connectivity index (χ0n) is 10.6. The first-order valence-electron chi connectivity index (χ1n) is 5.61. The molecule has 96 valence electrons. The summed E-state index contributed by atoms with van der Waals surface area (Å²) in [6.45, 7) is 2.15. The van der Waals surface area contributed by atoms with E-state index in [4.69, 9.17) is 5.73 Å². The summed E-state index contributed by atoms with van der Waals surface area (Å²) < 4.78 is 23.3. The van der Waals surface area contributed by atoms with Crippen LogP contribution in [0.5, 0.6) is 0 Å². The van der Waals surface area contributed by atoms with Gasteiger partial charge in [-0.1, -0.05) is 19.1 Å². The number of likely N-dealkylation sites (N-methyl/N-ethyl adjacent to an activating group) is 1. The van der Waals surface area contributed by atoms with E-state index in [0.29, 0.717) is 11.4 Å². The smallest absolute Gasteiger partial charge is 0.178 e. The highest BCUT2D eigenvalue weighted by Gasteiger charge is 2.15. The van der Waals surface area contributed by atoms with Crippen molar-refractivity contribution >= 4 is 9.84 Å². The van der Waals surface area contributed by atoms with Crippen molar-refractivity contribution in [2.24, 2.45) is 5.73 Å². The van der Waals surface area contributed by atoms with Crippen LogP contribution < -0.4 is 5.73 Å². The summed E-state index contributed by atoms with van der Waals surface area (Å²) in [5.41, 5.74) is 6.73. The zero-order chi connectivity index (χ0) is 13.1. The standard InChI is InChI=1S/C12H20N2O2S/c1-4-17(15,16)11-7-5-10(6-8-11)12(9-13)14(2)3/h5-8,12H,4,9,13H2,1-3H3. The van der Waals surface area contributed by atoms with E-state index >= 15 is 0 Å². The summed E-state index contributed by atoms with van der Waals surface area (Å²) in [5.74, 6) is 0.125. The molecule has 0 saturated heterocycles. The van der Waals surface area contributed by atoms with Gasteiger partial charge in [0, 0.05) is 12.6 Å². The molecule has 1 rings (SSSR count). The first kappa shape index (κ1) is 14.2. The van der Waals surface area contributed by atoms with Crippen LogP contribution in [0.4, 0.5) is 0 Å². The molecule has 2 N–H and O–H groups in total. The number of benzene rings is 1. The predicted molar refractivity (Wildman–Crippen MR) is 69.7 cm³/mol. The van der Waals surface area contributed by atoms with Crippen LogP contribution >= 0.6 is 0 Å². The minimum absolute atomic E-state index is 0.119. The van der Waals surface area contributed by atoms with Gasteiger partial charge in [0.2, 0.25) is 0 Å². The fourth-order valence-corrected chi connectivity index (χ4v) is 2.59. The maximum Gasteiger partial charge on any atom is 0.178 e. The van der Waals surface area contributed by atoms with Crippen molar-refractivity contribution in [1.82, 2.24) is 4.90 Å². The van der Waals surface area contributed by atoms with Gasteiger partial charge in [0.25, 0.3) is 0 Å². The van der Waals surface area contributed by atoms with Crippen molar-refractivity contribution in [2.75, 3.05) is 26.4 Å². The van der Waals surface area contributed by atoms with E-state index < -0.39 is 9.84 Å². The minimum atomic E-state index is -3.11. The fourth-order valence-electron chi connectivity index (χ4n) is 1.71. The number of sulfone groups is 1. The lowest BCUT2D eigenvalue weighted by Gasteiger charge is -2.23. The van der Waals surface area contributed by atoms with Crippen LogP contribution in [0.2, 0.25) is 0 Å². The number of hydrogen-bond acceptors (Lipinski definition) is 4. The molecule has 0 saturated carbocycles. The van der Waals surface area contributed by atoms with Crippen LogP contribution in [0.25, 0.3) is 0 Å². The Kier molecular flexibility index (Phi) is 4.68. The van der Waals surface area contributed by atoms with Gasteiger partial charge in [-0.3, -0.25) is 0 Å². The van der Waals surface area contributed by atoms with E-state index in [1.54, 1.807) is 19.1 Å². The largest absolute Gasteiger partial charge is 0.329 e. The Morgan fingerprint density at radius 1 is 1.24 bits per heavy atom. The van der Waals surface area contributed by atoms with Crippen molar-refractivity contribution in [1.29, 1.82) is 0 Å². The van der Waals surface area contributed by atoms with Gasteiger partial charge in [-0.15, -0.1) is 0 Å². The maximum absolute atomic E-state index is 11.7. The highest BCUT2D eigenvalue weighted by Crippen LogP contribution is 2.19. The van der Waals surface area contributed by atoms with Gasteiger partial charge in [-0.2, -0.15) is 0 Å². The number of hydrogen-bond donors (Lipinski definition) is 1. The van der Waals surface area contributed by atoms with Gasteiger partial charge in [-0.05, 0) is 31.8 Å². The number of rotatable bonds is 5. The third-order valence-corrected chi connectivity index (χ3v) is 4.60. The summed E-state index contributed by atoms with van der Waals surface area (Å²) in [7, 11) is 0.793. The van der Waals surface area contributed by atoms with Gasteiger partial charge >= 0.3 is 0 Å². The molecule has 1 aromatic rings. The molecule has 1 unspecified atom stereocenters. The van der Waals surface area contributed by atoms with Crippen molar-refractivity contribution in [3.63, 3.8) is 0 Å². The predicted octanol–water partition coefficient (Wildman–Crippen LogP) is 1.04. The van der Waals surface area contributed by atoms with Crippen LogP contribution in [0.3, 0.4) is 0 Å². The van der Waals surface area contributed by atoms with Crippen LogP contribution in [-0.2, 0) is 9.84 Å². The van der Waals surface area contributed by atoms with E-state index in [1.165, 1.54) is 0 Å². The Bertz CT molecular complexity index is 452. The van der Waals surface area contributed by atoms with Crippen LogP contribution in [-0.4, -0.2) is 39.7 Å². The Morgan fingerprint density at radius 2 is 1.76 bits per heavy atom. The van der Waals surface area contributed by atoms with E-state index in [2.05, 4.69) is 0 Å². The Morgan fingerprint density at radius 3 is 2.12 bits per heavy atom. The van der Waals surface area contributed by atoms with E-state index in [9.17, 15) is 8.42 Å². The van der Waals surface area contributed by atoms with Gasteiger partial charge in [-0.25, -0.2) is 8.42 Å². The lowest BCUT2D eigenvalue weighted by atomic mass is 10.1. The molecule has 0 spiro atoms. The molecule has 0 radical (unpaired) electrons. The van der Waals surface area contributed by atoms with Crippen LogP contribution in [0, 0.1) is 0 Å². The first-order valence-corrected chi connectivity index (χ1v) is 7.26. The van der Waals surface area contributed by atoms with Gasteiger partial charge < -0.3 is 10.6 Å². The fraction of sp³-hybridized carbons (Fsp3) is 0.500. The first-order chi connectivity index (χ1) is 7.92. The second-order valence-electron chi connectivity index (χ2n) is 4.19. The molecule has 1 atom stereocenters. The lowest BCUT2D eigenvalue weighted by molar-refractivity contribution is 0.306. The van der Waals surface area contributed by atoms with E-state index in [1.807, 2.05) is 31.1 Å². The minimum Gasteiger partial charge on any atom is -0.329 e. The van der Waals surface area contributed by atoms with E-state index in [0.717, 1.165) is 5.56 Å². The molecule has 0 amide bonds. The number of nitrogens with two attached hydrogens (primary N) is 1. The third kappa shape index (κ3) is 3.28. The van der Waals surface area contributed by atoms with Crippen molar-refractivity contribution in [2.45, 2.75) is 17.9 Å². The zero-order valence-corrected chi connectivity index (χ0v) is 11.4. The average molecular weight is 256 g/mol. The number of nitrogens with zero attached hydrogens (tertiary/aromatic N) is 1. The molecule has 4 nitrogen and oxygen atoms in total. The highest BCUT2D eigenvalue weighted by molar-refractivity contribution is 7.91. The third-order valence-electron chi connectivity index (χ3n) is 2.85. The molecule has 17 heavy (non-hydrogen) atoms. The van der Waals surface area contributed by atoms with Gasteiger partial charge in [0.15, 0.2) is 9.84 Å². The van der Waals surface area contributed by atoms with Crippen molar-refractivity contribution in [3.05, 3.63) is 29.8 Å². The maximum atomic E-state index is 11.7. The topological polar surface area (TPSA) is 63.4 Å². The quantitative estimate of drug-likeness (QED) is 0.855. The summed E-state index contributed by atoms with van der Waals surface area (Å²) in [6, 6.07) is 7.09. The molecule has 0 aromatic heterocycles. The summed E-state index contributed by atoms with van der Waals surface area (Å²) in [4.78, 5) is 2.39. The molecule has 0 aliphatic rings. The van der Waals surface area contributed by atoms with Crippen molar-refractivity contribution in [3.8, 4) is 0 Å². The SMILES string of the molecule is CCS(=O)(=O)c1ccc(C(CN)N(C)C)cc1. The molecule has 5 heteroatoms. The summed E-state index contributed by atoms with van der Waals surface area (Å²) >= 11 is 0. The van der Waals surface area contributed by atoms with Crippen LogP contribution in [0.15, 0.2) is 29.2 Å². The average Bonchev–Trinajstić information content (AvgIpc) is 2.30. The summed E-state index contributed by atoms with van der Waals surface area (Å²) in [6.07, 6.45) is 0. The molecule has 0 aliphatic carbocycles. The molecule has 0 heterocycles. The second kappa shape index (κ2) is 5.62. The molecule has 0 bridgehead atoms. The van der Waals surface area contributed by atoms with Gasteiger partial charge in [0.1, 0.15) is 0 Å². The Labute approximate surface area is 103 Å². The van der Waals surface area contributed by atoms with E-state index in [-0.39, 0.29) is 11.8 Å². The van der Waals surface area contributed by atoms with Gasteiger partial charge in [0.05, 0.1) is 10.6 Å². The normalized spacial score (nSPS) is 13.9. The second-order valence-corrected chi connectivity index (χ2v) is 6.47. The molecule has 0 fully saturated rings.